The van der Waals surface area contributed by atoms with E-state index in [1.54, 1.807) is 25.1 Å². The Morgan fingerprint density at radius 3 is 2.50 bits per heavy atom. The Balaban J connectivity index is 1.88. The van der Waals surface area contributed by atoms with Gasteiger partial charge in [0, 0.05) is 24.4 Å². The smallest absolute Gasteiger partial charge is 0.258 e. The van der Waals surface area contributed by atoms with Crippen LogP contribution in [-0.2, 0) is 17.1 Å². The second-order valence-corrected chi connectivity index (χ2v) is 7.20. The van der Waals surface area contributed by atoms with Gasteiger partial charge in [0.25, 0.3) is 11.8 Å². The number of carbonyl (C=O) groups is 2. The summed E-state index contributed by atoms with van der Waals surface area (Å²) >= 11 is 5.87. The summed E-state index contributed by atoms with van der Waals surface area (Å²) in [6.45, 7) is 1.96. The Kier molecular flexibility index (Phi) is 7.05. The van der Waals surface area contributed by atoms with Gasteiger partial charge in [0.05, 0.1) is 0 Å². The Morgan fingerprint density at radius 1 is 1.03 bits per heavy atom. The number of nitriles is 1. The van der Waals surface area contributed by atoms with Gasteiger partial charge in [0.2, 0.25) is 0 Å². The number of amides is 2. The number of nitrogens with one attached hydrogen (secondary N) is 1. The minimum Gasteiger partial charge on any atom is -0.340 e. The lowest BCUT2D eigenvalue weighted by Gasteiger charge is -2.22. The lowest BCUT2D eigenvalue weighted by atomic mass is 10.0. The van der Waals surface area contributed by atoms with Crippen molar-refractivity contribution < 1.29 is 9.59 Å². The van der Waals surface area contributed by atoms with Crippen molar-refractivity contribution in [1.82, 2.24) is 10.2 Å². The third-order valence-electron chi connectivity index (χ3n) is 4.90. The summed E-state index contributed by atoms with van der Waals surface area (Å²) in [5, 5.41) is 14.3. The SMILES string of the molecule is CCN(C#N)C(=O)C(Cc1ccc2ccccc2c1)NC(=O)c1cccc(CCl)c1. The number of hydrogen-bond donors (Lipinski definition) is 1. The molecule has 0 bridgehead atoms. The van der Waals surface area contributed by atoms with Gasteiger partial charge >= 0.3 is 0 Å². The molecule has 152 valence electrons. The van der Waals surface area contributed by atoms with Gasteiger partial charge in [-0.1, -0.05) is 54.6 Å². The zero-order chi connectivity index (χ0) is 21.5. The summed E-state index contributed by atoms with van der Waals surface area (Å²) in [5.41, 5.74) is 2.13. The molecule has 3 rings (SSSR count). The average molecular weight is 420 g/mol. The van der Waals surface area contributed by atoms with E-state index in [4.69, 9.17) is 11.6 Å². The average Bonchev–Trinajstić information content (AvgIpc) is 2.79. The number of likely N-dealkylation sites (N-methyl/N-ethyl adjacent to an activating group) is 1. The summed E-state index contributed by atoms with van der Waals surface area (Å²) < 4.78 is 0. The van der Waals surface area contributed by atoms with Crippen LogP contribution in [0, 0.1) is 11.5 Å². The van der Waals surface area contributed by atoms with Gasteiger partial charge in [-0.05, 0) is 41.0 Å². The molecule has 6 heteroatoms. The summed E-state index contributed by atoms with van der Waals surface area (Å²) in [7, 11) is 0. The highest BCUT2D eigenvalue weighted by Crippen LogP contribution is 2.17. The zero-order valence-corrected chi connectivity index (χ0v) is 17.4. The summed E-state index contributed by atoms with van der Waals surface area (Å²) in [5.74, 6) is -0.524. The predicted molar refractivity (Wildman–Crippen MR) is 118 cm³/mol. The number of benzene rings is 3. The van der Waals surface area contributed by atoms with Crippen molar-refractivity contribution in [2.24, 2.45) is 0 Å². The number of rotatable bonds is 7. The largest absolute Gasteiger partial charge is 0.340 e. The maximum absolute atomic E-state index is 12.9. The van der Waals surface area contributed by atoms with E-state index < -0.39 is 11.9 Å². The maximum Gasteiger partial charge on any atom is 0.258 e. The van der Waals surface area contributed by atoms with Crippen LogP contribution >= 0.6 is 11.6 Å². The number of nitrogens with zero attached hydrogens (tertiary/aromatic N) is 2. The Labute approximate surface area is 180 Å². The molecule has 0 fully saturated rings. The van der Waals surface area contributed by atoms with Crippen LogP contribution in [0.1, 0.15) is 28.4 Å². The van der Waals surface area contributed by atoms with Gasteiger partial charge in [-0.3, -0.25) is 9.59 Å². The first-order chi connectivity index (χ1) is 14.5. The molecule has 0 aliphatic heterocycles. The van der Waals surface area contributed by atoms with E-state index in [-0.39, 0.29) is 18.9 Å². The molecule has 0 aliphatic carbocycles. The lowest BCUT2D eigenvalue weighted by molar-refractivity contribution is -0.130. The zero-order valence-electron chi connectivity index (χ0n) is 16.6. The Bertz CT molecular complexity index is 1110. The van der Waals surface area contributed by atoms with E-state index in [1.165, 1.54) is 0 Å². The van der Waals surface area contributed by atoms with E-state index in [0.29, 0.717) is 11.4 Å². The quantitative estimate of drug-likeness (QED) is 0.353. The van der Waals surface area contributed by atoms with E-state index in [0.717, 1.165) is 26.8 Å². The summed E-state index contributed by atoms with van der Waals surface area (Å²) in [6, 6.07) is 19.9. The fourth-order valence-electron chi connectivity index (χ4n) is 3.30. The van der Waals surface area contributed by atoms with Crippen LogP contribution in [0.4, 0.5) is 0 Å². The van der Waals surface area contributed by atoms with E-state index >= 15 is 0 Å². The number of fused-ring (bicyclic) bond motifs is 1. The van der Waals surface area contributed by atoms with Gasteiger partial charge in [-0.2, -0.15) is 5.26 Å². The van der Waals surface area contributed by atoms with Crippen LogP contribution in [0.25, 0.3) is 10.8 Å². The van der Waals surface area contributed by atoms with Crippen molar-refractivity contribution in [3.63, 3.8) is 0 Å². The van der Waals surface area contributed by atoms with Gasteiger partial charge in [-0.25, -0.2) is 4.90 Å². The van der Waals surface area contributed by atoms with Crippen molar-refractivity contribution >= 4 is 34.2 Å². The second kappa shape index (κ2) is 9.91. The second-order valence-electron chi connectivity index (χ2n) is 6.93. The first-order valence-electron chi connectivity index (χ1n) is 9.70. The molecule has 0 aliphatic rings. The highest BCUT2D eigenvalue weighted by Gasteiger charge is 2.26. The number of halogens is 1. The molecule has 1 unspecified atom stereocenters. The van der Waals surface area contributed by atoms with E-state index in [2.05, 4.69) is 5.32 Å². The van der Waals surface area contributed by atoms with Crippen molar-refractivity contribution in [3.05, 3.63) is 83.4 Å². The van der Waals surface area contributed by atoms with Crippen LogP contribution in [-0.4, -0.2) is 29.3 Å². The van der Waals surface area contributed by atoms with Crippen LogP contribution in [0.3, 0.4) is 0 Å². The first kappa shape index (κ1) is 21.4. The predicted octanol–water partition coefficient (Wildman–Crippen LogP) is 4.25. The fourth-order valence-corrected chi connectivity index (χ4v) is 3.47. The minimum atomic E-state index is -0.863. The molecule has 3 aromatic carbocycles. The molecule has 0 spiro atoms. The molecule has 5 nitrogen and oxygen atoms in total. The van der Waals surface area contributed by atoms with E-state index in [1.807, 2.05) is 54.7 Å². The molecular formula is C24H22ClN3O2. The molecule has 30 heavy (non-hydrogen) atoms. The molecule has 0 heterocycles. The minimum absolute atomic E-state index is 0.237. The molecule has 3 aromatic rings. The van der Waals surface area contributed by atoms with Crippen LogP contribution in [0.2, 0.25) is 0 Å². The van der Waals surface area contributed by atoms with Crippen molar-refractivity contribution in [2.45, 2.75) is 25.3 Å². The highest BCUT2D eigenvalue weighted by molar-refractivity contribution is 6.17. The number of hydrogen-bond acceptors (Lipinski definition) is 3. The third kappa shape index (κ3) is 4.97. The summed E-state index contributed by atoms with van der Waals surface area (Å²) in [6.07, 6.45) is 2.17. The molecule has 0 saturated carbocycles. The van der Waals surface area contributed by atoms with Crippen molar-refractivity contribution in [2.75, 3.05) is 6.54 Å². The molecular weight excluding hydrogens is 398 g/mol. The van der Waals surface area contributed by atoms with E-state index in [9.17, 15) is 14.9 Å². The fraction of sp³-hybridized carbons (Fsp3) is 0.208. The lowest BCUT2D eigenvalue weighted by Crippen LogP contribution is -2.48. The monoisotopic (exact) mass is 419 g/mol. The molecule has 1 N–H and O–H groups in total. The van der Waals surface area contributed by atoms with Gasteiger partial charge in [0.1, 0.15) is 6.04 Å². The van der Waals surface area contributed by atoms with Crippen molar-refractivity contribution in [1.29, 1.82) is 5.26 Å². The van der Waals surface area contributed by atoms with Gasteiger partial charge in [0.15, 0.2) is 6.19 Å². The number of alkyl halides is 1. The molecule has 1 atom stereocenters. The van der Waals surface area contributed by atoms with Crippen LogP contribution in [0.5, 0.6) is 0 Å². The first-order valence-corrected chi connectivity index (χ1v) is 10.2. The molecule has 0 saturated heterocycles. The van der Waals surface area contributed by atoms with Crippen LogP contribution < -0.4 is 5.32 Å². The third-order valence-corrected chi connectivity index (χ3v) is 5.21. The molecule has 0 radical (unpaired) electrons. The Morgan fingerprint density at radius 2 is 1.80 bits per heavy atom. The molecule has 2 amide bonds. The number of carbonyl (C=O) groups excluding carboxylic acids is 2. The standard InChI is InChI=1S/C24H22ClN3O2/c1-2-28(16-26)24(30)22(27-23(29)21-9-5-6-18(13-21)15-25)14-17-10-11-19-7-3-4-8-20(19)12-17/h3-13,22H,2,14-15H2,1H3,(H,27,29). The van der Waals surface area contributed by atoms with Gasteiger partial charge < -0.3 is 5.32 Å². The van der Waals surface area contributed by atoms with Crippen molar-refractivity contribution in [3.8, 4) is 6.19 Å². The maximum atomic E-state index is 12.9. The topological polar surface area (TPSA) is 73.2 Å². The Hall–Kier alpha value is -3.36. The summed E-state index contributed by atoms with van der Waals surface area (Å²) in [4.78, 5) is 26.8. The highest BCUT2D eigenvalue weighted by atomic mass is 35.5. The normalized spacial score (nSPS) is 11.5. The molecule has 0 aromatic heterocycles. The van der Waals surface area contributed by atoms with Crippen LogP contribution in [0.15, 0.2) is 66.7 Å². The van der Waals surface area contributed by atoms with Gasteiger partial charge in [-0.15, -0.1) is 11.6 Å².